The summed E-state index contributed by atoms with van der Waals surface area (Å²) >= 11 is 6.02. The van der Waals surface area contributed by atoms with Gasteiger partial charge < -0.3 is 20.7 Å². The lowest BCUT2D eigenvalue weighted by atomic mass is 10.2. The van der Waals surface area contributed by atoms with E-state index >= 15 is 0 Å². The molecule has 4 aromatic rings. The molecular formula is C25H22ClFN6O2. The number of hydrogen-bond donors (Lipinski definition) is 3. The topological polar surface area (TPSA) is 101 Å². The van der Waals surface area contributed by atoms with E-state index in [1.165, 1.54) is 37.7 Å². The third-order valence-electron chi connectivity index (χ3n) is 4.98. The number of anilines is 3. The predicted molar refractivity (Wildman–Crippen MR) is 134 cm³/mol. The lowest BCUT2D eigenvalue weighted by molar-refractivity contribution is 0.0955. The summed E-state index contributed by atoms with van der Waals surface area (Å²) in [6.45, 7) is 0.949. The number of halogens is 2. The van der Waals surface area contributed by atoms with Crippen LogP contribution in [0.15, 0.2) is 73.2 Å². The van der Waals surface area contributed by atoms with Crippen molar-refractivity contribution < 1.29 is 13.9 Å². The zero-order chi connectivity index (χ0) is 24.6. The number of aromatic nitrogens is 3. The van der Waals surface area contributed by atoms with Crippen LogP contribution in [0.2, 0.25) is 5.02 Å². The monoisotopic (exact) mass is 492 g/mol. The molecule has 0 bridgehead atoms. The number of amides is 1. The third kappa shape index (κ3) is 6.01. The van der Waals surface area contributed by atoms with E-state index in [1.54, 1.807) is 12.3 Å². The Labute approximate surface area is 206 Å². The Hall–Kier alpha value is -4.24. The summed E-state index contributed by atoms with van der Waals surface area (Å²) in [6.07, 6.45) is 4.41. The Morgan fingerprint density at radius 1 is 1.09 bits per heavy atom. The number of pyridine rings is 1. The lowest BCUT2D eigenvalue weighted by Crippen LogP contribution is -2.29. The van der Waals surface area contributed by atoms with Gasteiger partial charge in [-0.2, -0.15) is 0 Å². The second kappa shape index (κ2) is 11.3. The maximum Gasteiger partial charge on any atom is 0.255 e. The van der Waals surface area contributed by atoms with E-state index in [4.69, 9.17) is 16.3 Å². The molecular weight excluding hydrogens is 471 g/mol. The Morgan fingerprint density at radius 3 is 2.71 bits per heavy atom. The maximum atomic E-state index is 14.4. The van der Waals surface area contributed by atoms with Gasteiger partial charge in [0.2, 0.25) is 0 Å². The fourth-order valence-corrected chi connectivity index (χ4v) is 3.43. The van der Waals surface area contributed by atoms with Gasteiger partial charge in [-0.3, -0.25) is 9.78 Å². The molecule has 8 nitrogen and oxygen atoms in total. The first-order valence-corrected chi connectivity index (χ1v) is 11.1. The molecule has 35 heavy (non-hydrogen) atoms. The Balaban J connectivity index is 1.51. The number of ether oxygens (including phenoxy) is 1. The van der Waals surface area contributed by atoms with Crippen LogP contribution in [0.1, 0.15) is 10.4 Å². The second-order valence-electron chi connectivity index (χ2n) is 7.33. The van der Waals surface area contributed by atoms with Gasteiger partial charge in [0, 0.05) is 36.2 Å². The molecule has 0 radical (unpaired) electrons. The minimum Gasteiger partial charge on any atom is -0.491 e. The molecule has 4 rings (SSSR count). The molecule has 0 saturated heterocycles. The van der Waals surface area contributed by atoms with Crippen LogP contribution in [0.5, 0.6) is 5.75 Å². The largest absolute Gasteiger partial charge is 0.491 e. The maximum absolute atomic E-state index is 14.4. The van der Waals surface area contributed by atoms with Gasteiger partial charge in [0.25, 0.3) is 5.91 Å². The Morgan fingerprint density at radius 2 is 1.91 bits per heavy atom. The molecule has 2 heterocycles. The Kier molecular flexibility index (Phi) is 7.69. The van der Waals surface area contributed by atoms with E-state index in [2.05, 4.69) is 30.9 Å². The van der Waals surface area contributed by atoms with Crippen LogP contribution in [-0.4, -0.2) is 41.1 Å². The van der Waals surface area contributed by atoms with Crippen molar-refractivity contribution in [3.8, 4) is 17.1 Å². The van der Waals surface area contributed by atoms with Crippen LogP contribution in [0.4, 0.5) is 21.6 Å². The highest BCUT2D eigenvalue weighted by molar-refractivity contribution is 6.30. The van der Waals surface area contributed by atoms with Crippen LogP contribution in [0.3, 0.4) is 0 Å². The number of benzene rings is 2. The number of nitrogens with one attached hydrogen (secondary N) is 3. The summed E-state index contributed by atoms with van der Waals surface area (Å²) in [7, 11) is 1.46. The normalized spacial score (nSPS) is 10.5. The molecule has 0 unspecified atom stereocenters. The van der Waals surface area contributed by atoms with Gasteiger partial charge in [-0.15, -0.1) is 0 Å². The van der Waals surface area contributed by atoms with E-state index < -0.39 is 5.82 Å². The van der Waals surface area contributed by atoms with E-state index in [-0.39, 0.29) is 23.1 Å². The summed E-state index contributed by atoms with van der Waals surface area (Å²) in [5, 5.41) is 9.53. The summed E-state index contributed by atoms with van der Waals surface area (Å²) in [6, 6.07) is 15.5. The average molecular weight is 493 g/mol. The molecule has 0 aliphatic rings. The van der Waals surface area contributed by atoms with Gasteiger partial charge in [0.1, 0.15) is 5.82 Å². The summed E-state index contributed by atoms with van der Waals surface area (Å²) < 4.78 is 19.7. The molecule has 0 aliphatic carbocycles. The second-order valence-corrected chi connectivity index (χ2v) is 7.77. The molecule has 10 heteroatoms. The van der Waals surface area contributed by atoms with Crippen molar-refractivity contribution in [1.29, 1.82) is 0 Å². The van der Waals surface area contributed by atoms with Crippen molar-refractivity contribution in [2.75, 3.05) is 30.8 Å². The first-order valence-electron chi connectivity index (χ1n) is 10.7. The van der Waals surface area contributed by atoms with Crippen molar-refractivity contribution in [1.82, 2.24) is 20.3 Å². The number of para-hydroxylation sites is 1. The van der Waals surface area contributed by atoms with Crippen molar-refractivity contribution in [2.45, 2.75) is 0 Å². The molecule has 0 fully saturated rings. The smallest absolute Gasteiger partial charge is 0.255 e. The number of methoxy groups -OCH3 is 1. The summed E-state index contributed by atoms with van der Waals surface area (Å²) in [4.78, 5) is 25.5. The predicted octanol–water partition coefficient (Wildman–Crippen LogP) is 4.93. The molecule has 0 saturated carbocycles. The molecule has 0 spiro atoms. The fourth-order valence-electron chi connectivity index (χ4n) is 3.25. The van der Waals surface area contributed by atoms with E-state index in [9.17, 15) is 9.18 Å². The molecule has 2 aromatic carbocycles. The Bertz CT molecular complexity index is 1320. The highest BCUT2D eigenvalue weighted by Crippen LogP contribution is 2.30. The number of nitrogens with zero attached hydrogens (tertiary/aromatic N) is 3. The first kappa shape index (κ1) is 23.9. The zero-order valence-electron chi connectivity index (χ0n) is 18.8. The highest BCUT2D eigenvalue weighted by atomic mass is 35.5. The van der Waals surface area contributed by atoms with Crippen LogP contribution in [0.25, 0.3) is 11.4 Å². The van der Waals surface area contributed by atoms with Gasteiger partial charge >= 0.3 is 0 Å². The zero-order valence-corrected chi connectivity index (χ0v) is 19.5. The molecule has 0 atom stereocenters. The van der Waals surface area contributed by atoms with Crippen molar-refractivity contribution in [3.63, 3.8) is 0 Å². The van der Waals surface area contributed by atoms with Gasteiger partial charge in [-0.1, -0.05) is 29.8 Å². The highest BCUT2D eigenvalue weighted by Gasteiger charge is 2.17. The van der Waals surface area contributed by atoms with Gasteiger partial charge in [0.05, 0.1) is 30.1 Å². The first-order chi connectivity index (χ1) is 17.0. The number of carbonyl (C=O) groups excluding carboxylic acids is 1. The minimum atomic E-state index is -0.515. The van der Waals surface area contributed by atoms with E-state index in [1.807, 2.05) is 30.3 Å². The summed E-state index contributed by atoms with van der Waals surface area (Å²) in [5.41, 5.74) is 1.86. The van der Waals surface area contributed by atoms with Crippen molar-refractivity contribution in [3.05, 3.63) is 89.6 Å². The summed E-state index contributed by atoms with van der Waals surface area (Å²) in [5.74, 6) is -0.155. The fraction of sp³-hybridized carbons (Fsp3) is 0.120. The molecule has 178 valence electrons. The lowest BCUT2D eigenvalue weighted by Gasteiger charge is -2.14. The van der Waals surface area contributed by atoms with Crippen LogP contribution >= 0.6 is 11.6 Å². The third-order valence-corrected chi connectivity index (χ3v) is 5.21. The van der Waals surface area contributed by atoms with Crippen LogP contribution in [0, 0.1) is 5.82 Å². The quantitative estimate of drug-likeness (QED) is 0.285. The van der Waals surface area contributed by atoms with E-state index in [0.717, 1.165) is 5.69 Å². The molecule has 2 aromatic heterocycles. The average Bonchev–Trinajstić information content (AvgIpc) is 2.89. The minimum absolute atomic E-state index is 0.111. The van der Waals surface area contributed by atoms with Gasteiger partial charge in [0.15, 0.2) is 17.4 Å². The van der Waals surface area contributed by atoms with Crippen LogP contribution in [-0.2, 0) is 0 Å². The van der Waals surface area contributed by atoms with Gasteiger partial charge in [-0.05, 0) is 36.4 Å². The molecule has 0 aliphatic heterocycles. The molecule has 3 N–H and O–H groups in total. The van der Waals surface area contributed by atoms with Crippen molar-refractivity contribution in [2.24, 2.45) is 0 Å². The van der Waals surface area contributed by atoms with Gasteiger partial charge in [-0.25, -0.2) is 14.4 Å². The number of rotatable bonds is 9. The van der Waals surface area contributed by atoms with Crippen LogP contribution < -0.4 is 20.7 Å². The standard InChI is InChI=1S/C25H22ClFN6O2/c1-35-22-15-31-23(18-13-16(26)7-8-20(18)27)33-24(22)32-21-9-10-28-14-19(21)25(34)30-12-11-29-17-5-3-2-4-6-17/h2-10,13-15,29H,11-12H2,1H3,(H,30,34)(H,28,31,32,33). The number of hydrogen-bond acceptors (Lipinski definition) is 7. The van der Waals surface area contributed by atoms with E-state index in [0.29, 0.717) is 35.1 Å². The van der Waals surface area contributed by atoms with Crippen molar-refractivity contribution >= 4 is 34.7 Å². The molecule has 1 amide bonds. The SMILES string of the molecule is COc1cnc(-c2cc(Cl)ccc2F)nc1Nc1ccncc1C(=O)NCCNc1ccccc1. The number of carbonyl (C=O) groups is 1.